The quantitative estimate of drug-likeness (QED) is 0.868. The standard InChI is InChI=1S/C19H25FN4O2/c20-16-3-1-2-4-17(16)22-7-9-23(10-8-22)19(26)13-24-12-15-6-5-14(21-15)11-18(24)25/h1-4,14-15,21H,5-13H2/t14-,15+/m0/s1. The van der Waals surface area contributed by atoms with Crippen molar-refractivity contribution in [2.75, 3.05) is 44.2 Å². The summed E-state index contributed by atoms with van der Waals surface area (Å²) in [4.78, 5) is 30.5. The van der Waals surface area contributed by atoms with Crippen molar-refractivity contribution >= 4 is 17.5 Å². The average molecular weight is 360 g/mol. The Morgan fingerprint density at radius 2 is 1.85 bits per heavy atom. The van der Waals surface area contributed by atoms with Gasteiger partial charge in [0, 0.05) is 51.2 Å². The summed E-state index contributed by atoms with van der Waals surface area (Å²) in [5.41, 5.74) is 0.587. The zero-order chi connectivity index (χ0) is 18.1. The predicted molar refractivity (Wildman–Crippen MR) is 96.3 cm³/mol. The number of nitrogens with one attached hydrogen (secondary N) is 1. The van der Waals surface area contributed by atoms with Crippen molar-refractivity contribution in [1.29, 1.82) is 0 Å². The first kappa shape index (κ1) is 17.3. The van der Waals surface area contributed by atoms with Crippen LogP contribution >= 0.6 is 0 Å². The number of likely N-dealkylation sites (tertiary alicyclic amines) is 1. The van der Waals surface area contributed by atoms with Crippen LogP contribution in [0.4, 0.5) is 10.1 Å². The monoisotopic (exact) mass is 360 g/mol. The lowest BCUT2D eigenvalue weighted by atomic mass is 10.1. The Hall–Kier alpha value is -2.15. The molecule has 3 fully saturated rings. The first-order valence-electron chi connectivity index (χ1n) is 9.41. The van der Waals surface area contributed by atoms with E-state index in [1.165, 1.54) is 6.07 Å². The fraction of sp³-hybridized carbons (Fsp3) is 0.579. The zero-order valence-corrected chi connectivity index (χ0v) is 14.9. The Morgan fingerprint density at radius 3 is 2.62 bits per heavy atom. The molecular formula is C19H25FN4O2. The highest BCUT2D eigenvalue weighted by Crippen LogP contribution is 2.22. The van der Waals surface area contributed by atoms with Gasteiger partial charge in [-0.15, -0.1) is 0 Å². The van der Waals surface area contributed by atoms with Gasteiger partial charge in [-0.1, -0.05) is 12.1 Å². The van der Waals surface area contributed by atoms with Crippen molar-refractivity contribution < 1.29 is 14.0 Å². The fourth-order valence-electron chi connectivity index (χ4n) is 4.24. The lowest BCUT2D eigenvalue weighted by Crippen LogP contribution is -2.52. The van der Waals surface area contributed by atoms with E-state index in [-0.39, 0.29) is 30.2 Å². The molecule has 140 valence electrons. The summed E-state index contributed by atoms with van der Waals surface area (Å²) in [5.74, 6) is -0.169. The van der Waals surface area contributed by atoms with E-state index >= 15 is 0 Å². The van der Waals surface area contributed by atoms with E-state index in [1.54, 1.807) is 21.9 Å². The van der Waals surface area contributed by atoms with E-state index in [0.717, 1.165) is 12.8 Å². The third-order valence-corrected chi connectivity index (χ3v) is 5.70. The van der Waals surface area contributed by atoms with E-state index in [2.05, 4.69) is 5.32 Å². The Kier molecular flexibility index (Phi) is 4.80. The Morgan fingerprint density at radius 1 is 1.12 bits per heavy atom. The molecule has 0 aliphatic carbocycles. The van der Waals surface area contributed by atoms with Crippen LogP contribution in [0.5, 0.6) is 0 Å². The van der Waals surface area contributed by atoms with Crippen molar-refractivity contribution in [2.24, 2.45) is 0 Å². The molecule has 4 rings (SSSR count). The number of hydrogen-bond acceptors (Lipinski definition) is 4. The summed E-state index contributed by atoms with van der Waals surface area (Å²) in [6.45, 7) is 3.10. The number of para-hydroxylation sites is 1. The van der Waals surface area contributed by atoms with Crippen LogP contribution in [0.1, 0.15) is 19.3 Å². The number of carbonyl (C=O) groups is 2. The molecule has 6 nitrogen and oxygen atoms in total. The van der Waals surface area contributed by atoms with Crippen LogP contribution in [0.2, 0.25) is 0 Å². The van der Waals surface area contributed by atoms with Crippen molar-refractivity contribution in [3.8, 4) is 0 Å². The number of carbonyl (C=O) groups excluding carboxylic acids is 2. The molecule has 3 aliphatic rings. The summed E-state index contributed by atoms with van der Waals surface area (Å²) in [7, 11) is 0. The molecule has 2 amide bonds. The summed E-state index contributed by atoms with van der Waals surface area (Å²) in [5, 5.41) is 3.47. The number of amides is 2. The van der Waals surface area contributed by atoms with Crippen molar-refractivity contribution in [1.82, 2.24) is 15.1 Å². The molecular weight excluding hydrogens is 335 g/mol. The normalized spacial score (nSPS) is 26.2. The van der Waals surface area contributed by atoms with E-state index in [1.807, 2.05) is 11.0 Å². The van der Waals surface area contributed by atoms with Crippen molar-refractivity contribution in [2.45, 2.75) is 31.3 Å². The fourth-order valence-corrected chi connectivity index (χ4v) is 4.24. The highest BCUT2D eigenvalue weighted by Gasteiger charge is 2.35. The zero-order valence-electron chi connectivity index (χ0n) is 14.9. The maximum Gasteiger partial charge on any atom is 0.242 e. The average Bonchev–Trinajstić information content (AvgIpc) is 3.02. The number of nitrogens with zero attached hydrogens (tertiary/aromatic N) is 3. The first-order chi connectivity index (χ1) is 12.6. The third-order valence-electron chi connectivity index (χ3n) is 5.70. The van der Waals surface area contributed by atoms with Gasteiger partial charge in [0.15, 0.2) is 0 Å². The maximum atomic E-state index is 13.9. The van der Waals surface area contributed by atoms with Crippen LogP contribution in [0.25, 0.3) is 0 Å². The largest absolute Gasteiger partial charge is 0.366 e. The highest BCUT2D eigenvalue weighted by molar-refractivity contribution is 5.85. The van der Waals surface area contributed by atoms with Crippen LogP contribution < -0.4 is 10.2 Å². The van der Waals surface area contributed by atoms with Gasteiger partial charge >= 0.3 is 0 Å². The molecule has 0 radical (unpaired) electrons. The summed E-state index contributed by atoms with van der Waals surface area (Å²) in [6.07, 6.45) is 2.62. The van der Waals surface area contributed by atoms with E-state index in [4.69, 9.17) is 0 Å². The van der Waals surface area contributed by atoms with Gasteiger partial charge in [0.1, 0.15) is 5.82 Å². The van der Waals surface area contributed by atoms with E-state index in [0.29, 0.717) is 50.9 Å². The van der Waals surface area contributed by atoms with Gasteiger partial charge in [-0.2, -0.15) is 0 Å². The molecule has 1 aromatic carbocycles. The van der Waals surface area contributed by atoms with Gasteiger partial charge < -0.3 is 20.0 Å². The van der Waals surface area contributed by atoms with Crippen molar-refractivity contribution in [3.05, 3.63) is 30.1 Å². The molecule has 1 aromatic rings. The topological polar surface area (TPSA) is 55.9 Å². The number of hydrogen-bond donors (Lipinski definition) is 1. The van der Waals surface area contributed by atoms with Gasteiger partial charge in [-0.3, -0.25) is 9.59 Å². The second-order valence-electron chi connectivity index (χ2n) is 7.44. The first-order valence-corrected chi connectivity index (χ1v) is 9.41. The number of fused-ring (bicyclic) bond motifs is 2. The predicted octanol–water partition coefficient (Wildman–Crippen LogP) is 0.827. The van der Waals surface area contributed by atoms with Crippen molar-refractivity contribution in [3.63, 3.8) is 0 Å². The summed E-state index contributed by atoms with van der Waals surface area (Å²) in [6, 6.07) is 7.32. The van der Waals surface area contributed by atoms with Gasteiger partial charge in [0.2, 0.25) is 11.8 Å². The molecule has 3 aliphatic heterocycles. The van der Waals surface area contributed by atoms with Gasteiger partial charge in [-0.05, 0) is 25.0 Å². The summed E-state index contributed by atoms with van der Waals surface area (Å²) < 4.78 is 13.9. The van der Waals surface area contributed by atoms with E-state index < -0.39 is 0 Å². The smallest absolute Gasteiger partial charge is 0.242 e. The number of piperazine rings is 1. The molecule has 0 spiro atoms. The number of anilines is 1. The molecule has 26 heavy (non-hydrogen) atoms. The van der Waals surface area contributed by atoms with Crippen LogP contribution in [-0.2, 0) is 9.59 Å². The molecule has 0 saturated carbocycles. The molecule has 3 heterocycles. The lowest BCUT2D eigenvalue weighted by Gasteiger charge is -2.37. The SMILES string of the molecule is O=C(CN1C[C@H]2CC[C@@H](CC1=O)N2)N1CCN(c2ccccc2F)CC1. The number of rotatable bonds is 3. The highest BCUT2D eigenvalue weighted by atomic mass is 19.1. The molecule has 1 N–H and O–H groups in total. The van der Waals surface area contributed by atoms with Crippen LogP contribution in [0.15, 0.2) is 24.3 Å². The summed E-state index contributed by atoms with van der Waals surface area (Å²) >= 11 is 0. The third kappa shape index (κ3) is 3.53. The molecule has 0 unspecified atom stereocenters. The molecule has 3 saturated heterocycles. The van der Waals surface area contributed by atoms with Crippen LogP contribution in [-0.4, -0.2) is 73.0 Å². The Labute approximate surface area is 152 Å². The molecule has 7 heteroatoms. The van der Waals surface area contributed by atoms with Crippen LogP contribution in [0, 0.1) is 5.82 Å². The van der Waals surface area contributed by atoms with Gasteiger partial charge in [-0.25, -0.2) is 4.39 Å². The number of benzene rings is 1. The van der Waals surface area contributed by atoms with Crippen LogP contribution in [0.3, 0.4) is 0 Å². The minimum atomic E-state index is -0.231. The van der Waals surface area contributed by atoms with Gasteiger partial charge in [0.05, 0.1) is 12.2 Å². The second-order valence-corrected chi connectivity index (χ2v) is 7.44. The molecule has 2 atom stereocenters. The Balaban J connectivity index is 1.32. The minimum absolute atomic E-state index is 0.00990. The Bertz CT molecular complexity index is 690. The molecule has 2 bridgehead atoms. The minimum Gasteiger partial charge on any atom is -0.366 e. The second kappa shape index (κ2) is 7.23. The van der Waals surface area contributed by atoms with E-state index in [9.17, 15) is 14.0 Å². The number of halogens is 1. The van der Waals surface area contributed by atoms with Gasteiger partial charge in [0.25, 0.3) is 0 Å². The lowest BCUT2D eigenvalue weighted by molar-refractivity contribution is -0.140. The maximum absolute atomic E-state index is 13.9. The molecule has 0 aromatic heterocycles.